The zero-order valence-corrected chi connectivity index (χ0v) is 12.6. The molecule has 0 aliphatic heterocycles. The van der Waals surface area contributed by atoms with Gasteiger partial charge in [-0.25, -0.2) is 21.6 Å². The summed E-state index contributed by atoms with van der Waals surface area (Å²) in [7, 11) is -4.28. The molecule has 0 atom stereocenters. The summed E-state index contributed by atoms with van der Waals surface area (Å²) in [6.45, 7) is 0. The summed E-state index contributed by atoms with van der Waals surface area (Å²) >= 11 is 2.85. The number of hydrogen-bond acceptors (Lipinski definition) is 3. The highest BCUT2D eigenvalue weighted by molar-refractivity contribution is 9.10. The van der Waals surface area contributed by atoms with Gasteiger partial charge in [0, 0.05) is 16.2 Å². The van der Waals surface area contributed by atoms with E-state index in [0.717, 1.165) is 24.3 Å². The Hall–Kier alpha value is -1.74. The van der Waals surface area contributed by atoms with Crippen LogP contribution in [0.15, 0.2) is 39.7 Å². The highest BCUT2D eigenvalue weighted by atomic mass is 79.9. The minimum absolute atomic E-state index is 0.103. The van der Waals surface area contributed by atoms with Crippen molar-refractivity contribution < 1.29 is 21.6 Å². The Morgan fingerprint density at radius 3 is 2.19 bits per heavy atom. The fourth-order valence-corrected chi connectivity index (χ4v) is 3.36. The largest absolute Gasteiger partial charge is 0.399 e. The van der Waals surface area contributed by atoms with Gasteiger partial charge >= 0.3 is 0 Å². The maximum atomic E-state index is 13.6. The van der Waals surface area contributed by atoms with E-state index in [9.17, 15) is 21.6 Å². The first-order chi connectivity index (χ1) is 9.69. The minimum atomic E-state index is -4.28. The van der Waals surface area contributed by atoms with Crippen molar-refractivity contribution in [3.05, 3.63) is 52.3 Å². The SMILES string of the molecule is Nc1cc(F)cc(S(=O)(=O)Nc2c(F)cc(F)cc2Br)c1. The molecule has 0 fully saturated rings. The first-order valence-corrected chi connectivity index (χ1v) is 7.70. The Labute approximate surface area is 127 Å². The zero-order valence-electron chi connectivity index (χ0n) is 10.2. The number of nitrogen functional groups attached to an aromatic ring is 1. The highest BCUT2D eigenvalue weighted by Gasteiger charge is 2.20. The van der Waals surface area contributed by atoms with Gasteiger partial charge in [-0.2, -0.15) is 0 Å². The number of rotatable bonds is 3. The summed E-state index contributed by atoms with van der Waals surface area (Å²) in [5, 5.41) is 0. The van der Waals surface area contributed by atoms with Crippen molar-refractivity contribution in [1.29, 1.82) is 0 Å². The van der Waals surface area contributed by atoms with Crippen LogP contribution in [0.25, 0.3) is 0 Å². The number of sulfonamides is 1. The van der Waals surface area contributed by atoms with Crippen LogP contribution in [0.4, 0.5) is 24.5 Å². The van der Waals surface area contributed by atoms with Crippen molar-refractivity contribution in [2.75, 3.05) is 10.5 Å². The molecule has 0 spiro atoms. The summed E-state index contributed by atoms with van der Waals surface area (Å²) in [5.74, 6) is -2.85. The molecule has 0 bridgehead atoms. The van der Waals surface area contributed by atoms with Gasteiger partial charge in [0.2, 0.25) is 0 Å². The van der Waals surface area contributed by atoms with Crippen molar-refractivity contribution in [3.63, 3.8) is 0 Å². The quantitative estimate of drug-likeness (QED) is 0.802. The number of benzene rings is 2. The molecular weight excluding hydrogens is 373 g/mol. The molecule has 4 nitrogen and oxygen atoms in total. The highest BCUT2D eigenvalue weighted by Crippen LogP contribution is 2.29. The summed E-state index contributed by atoms with van der Waals surface area (Å²) in [4.78, 5) is -0.476. The predicted molar refractivity (Wildman–Crippen MR) is 75.7 cm³/mol. The average molecular weight is 381 g/mol. The van der Waals surface area contributed by atoms with E-state index < -0.39 is 38.1 Å². The fraction of sp³-hybridized carbons (Fsp3) is 0. The second-order valence-electron chi connectivity index (χ2n) is 4.07. The molecule has 0 unspecified atom stereocenters. The smallest absolute Gasteiger partial charge is 0.262 e. The van der Waals surface area contributed by atoms with E-state index in [-0.39, 0.29) is 10.2 Å². The van der Waals surface area contributed by atoms with E-state index in [1.54, 1.807) is 0 Å². The summed E-state index contributed by atoms with van der Waals surface area (Å²) in [5.41, 5.74) is 4.77. The average Bonchev–Trinajstić information content (AvgIpc) is 2.32. The van der Waals surface area contributed by atoms with E-state index in [4.69, 9.17) is 5.73 Å². The van der Waals surface area contributed by atoms with Gasteiger partial charge in [0.15, 0.2) is 5.82 Å². The van der Waals surface area contributed by atoms with Crippen LogP contribution in [0.2, 0.25) is 0 Å². The van der Waals surface area contributed by atoms with E-state index in [0.29, 0.717) is 6.07 Å². The molecule has 3 N–H and O–H groups in total. The van der Waals surface area contributed by atoms with Crippen LogP contribution in [0.1, 0.15) is 0 Å². The molecule has 21 heavy (non-hydrogen) atoms. The van der Waals surface area contributed by atoms with Crippen LogP contribution in [0, 0.1) is 17.5 Å². The minimum Gasteiger partial charge on any atom is -0.399 e. The van der Waals surface area contributed by atoms with Gasteiger partial charge in [-0.1, -0.05) is 0 Å². The normalized spacial score (nSPS) is 11.4. The standard InChI is InChI=1S/C12H8BrF3N2O2S/c13-10-3-7(15)4-11(16)12(10)18-21(19,20)9-2-6(14)1-8(17)5-9/h1-5,18H,17H2. The molecule has 0 heterocycles. The lowest BCUT2D eigenvalue weighted by molar-refractivity contribution is 0.581. The van der Waals surface area contributed by atoms with Gasteiger partial charge in [0.1, 0.15) is 11.6 Å². The van der Waals surface area contributed by atoms with Crippen molar-refractivity contribution in [1.82, 2.24) is 0 Å². The molecule has 2 aromatic carbocycles. The second kappa shape index (κ2) is 5.57. The van der Waals surface area contributed by atoms with Crippen LogP contribution in [-0.2, 0) is 10.0 Å². The second-order valence-corrected chi connectivity index (χ2v) is 6.61. The molecule has 0 aromatic heterocycles. The third-order valence-electron chi connectivity index (χ3n) is 2.45. The number of nitrogens with two attached hydrogens (primary N) is 1. The van der Waals surface area contributed by atoms with Gasteiger partial charge in [-0.05, 0) is 40.2 Å². The number of hydrogen-bond donors (Lipinski definition) is 2. The maximum Gasteiger partial charge on any atom is 0.262 e. The number of halogens is 4. The van der Waals surface area contributed by atoms with E-state index >= 15 is 0 Å². The lowest BCUT2D eigenvalue weighted by atomic mass is 10.3. The van der Waals surface area contributed by atoms with Crippen LogP contribution >= 0.6 is 15.9 Å². The third kappa shape index (κ3) is 3.48. The van der Waals surface area contributed by atoms with Crippen LogP contribution in [0.5, 0.6) is 0 Å². The topological polar surface area (TPSA) is 72.2 Å². The summed E-state index contributed by atoms with van der Waals surface area (Å²) < 4.78 is 65.7. The van der Waals surface area contributed by atoms with Crippen molar-refractivity contribution in [2.24, 2.45) is 0 Å². The van der Waals surface area contributed by atoms with Gasteiger partial charge in [-0.15, -0.1) is 0 Å². The molecular formula is C12H8BrF3N2O2S. The molecule has 112 valence electrons. The van der Waals surface area contributed by atoms with Crippen LogP contribution in [-0.4, -0.2) is 8.42 Å². The first kappa shape index (κ1) is 15.6. The molecule has 0 aliphatic rings. The molecule has 2 rings (SSSR count). The van der Waals surface area contributed by atoms with E-state index in [1.165, 1.54) is 0 Å². The molecule has 0 radical (unpaired) electrons. The molecule has 2 aromatic rings. The predicted octanol–water partition coefficient (Wildman–Crippen LogP) is 3.25. The van der Waals surface area contributed by atoms with Crippen LogP contribution in [0.3, 0.4) is 0 Å². The van der Waals surface area contributed by atoms with Gasteiger partial charge < -0.3 is 5.73 Å². The molecule has 0 amide bonds. The monoisotopic (exact) mass is 380 g/mol. The summed E-state index contributed by atoms with van der Waals surface area (Å²) in [6.07, 6.45) is 0. The Bertz CT molecular complexity index is 769. The van der Waals surface area contributed by atoms with Gasteiger partial charge in [-0.3, -0.25) is 4.72 Å². The molecule has 0 aliphatic carbocycles. The van der Waals surface area contributed by atoms with Crippen molar-refractivity contribution in [3.8, 4) is 0 Å². The third-order valence-corrected chi connectivity index (χ3v) is 4.40. The Morgan fingerprint density at radius 2 is 1.62 bits per heavy atom. The summed E-state index contributed by atoms with van der Waals surface area (Å²) in [6, 6.07) is 4.09. The lowest BCUT2D eigenvalue weighted by Gasteiger charge is -2.11. The van der Waals surface area contributed by atoms with Crippen LogP contribution < -0.4 is 10.5 Å². The van der Waals surface area contributed by atoms with Crippen molar-refractivity contribution in [2.45, 2.75) is 4.90 Å². The lowest BCUT2D eigenvalue weighted by Crippen LogP contribution is -2.15. The zero-order chi connectivity index (χ0) is 15.8. The molecule has 9 heteroatoms. The van der Waals surface area contributed by atoms with Gasteiger partial charge in [0.25, 0.3) is 10.0 Å². The number of anilines is 2. The molecule has 0 saturated carbocycles. The Morgan fingerprint density at radius 1 is 1.00 bits per heavy atom. The first-order valence-electron chi connectivity index (χ1n) is 5.42. The van der Waals surface area contributed by atoms with Crippen molar-refractivity contribution >= 4 is 37.3 Å². The number of nitrogens with one attached hydrogen (secondary N) is 1. The van der Waals surface area contributed by atoms with Gasteiger partial charge in [0.05, 0.1) is 10.6 Å². The van der Waals surface area contributed by atoms with E-state index in [1.807, 2.05) is 4.72 Å². The fourth-order valence-electron chi connectivity index (χ4n) is 1.57. The molecule has 0 saturated heterocycles. The Kier molecular flexibility index (Phi) is 4.15. The van der Waals surface area contributed by atoms with E-state index in [2.05, 4.69) is 15.9 Å². The Balaban J connectivity index is 2.47. The maximum absolute atomic E-state index is 13.6.